The van der Waals surface area contributed by atoms with E-state index in [1.165, 1.54) is 0 Å². The van der Waals surface area contributed by atoms with Crippen LogP contribution in [0, 0.1) is 0 Å². The number of benzene rings is 2. The summed E-state index contributed by atoms with van der Waals surface area (Å²) in [5.41, 5.74) is 1.50. The van der Waals surface area contributed by atoms with Gasteiger partial charge in [0, 0.05) is 12.5 Å². The minimum absolute atomic E-state index is 0.00502. The van der Waals surface area contributed by atoms with Crippen molar-refractivity contribution >= 4 is 16.8 Å². The molecule has 0 aliphatic heterocycles. The summed E-state index contributed by atoms with van der Waals surface area (Å²) in [7, 11) is 1.63. The number of rotatable bonds is 7. The largest absolute Gasteiger partial charge is 0.497 e. The van der Waals surface area contributed by atoms with E-state index in [1.54, 1.807) is 30.2 Å². The van der Waals surface area contributed by atoms with Crippen molar-refractivity contribution < 1.29 is 9.53 Å². The Morgan fingerprint density at radius 2 is 1.96 bits per heavy atom. The van der Waals surface area contributed by atoms with Gasteiger partial charge in [-0.25, -0.2) is 4.98 Å². The van der Waals surface area contributed by atoms with Gasteiger partial charge in [0.25, 0.3) is 5.56 Å². The fourth-order valence-electron chi connectivity index (χ4n) is 3.15. The molecule has 0 radical (unpaired) electrons. The van der Waals surface area contributed by atoms with Crippen molar-refractivity contribution in [3.8, 4) is 5.75 Å². The monoisotopic (exact) mass is 379 g/mol. The first-order valence-electron chi connectivity index (χ1n) is 9.38. The number of nitrogens with zero attached hydrogens (tertiary/aromatic N) is 2. The molecule has 1 aromatic heterocycles. The van der Waals surface area contributed by atoms with Crippen LogP contribution in [0.2, 0.25) is 0 Å². The first-order chi connectivity index (χ1) is 13.5. The predicted octanol–water partition coefficient (Wildman–Crippen LogP) is 3.30. The molecule has 0 aliphatic rings. The van der Waals surface area contributed by atoms with Gasteiger partial charge in [0.15, 0.2) is 0 Å². The molecule has 0 fully saturated rings. The molecule has 3 rings (SSSR count). The number of hydrogen-bond donors (Lipinski definition) is 1. The van der Waals surface area contributed by atoms with E-state index in [0.717, 1.165) is 11.3 Å². The van der Waals surface area contributed by atoms with Crippen LogP contribution in [-0.2, 0) is 17.8 Å². The third-order valence-corrected chi connectivity index (χ3v) is 4.69. The Labute approximate surface area is 164 Å². The third-order valence-electron chi connectivity index (χ3n) is 4.69. The van der Waals surface area contributed by atoms with Crippen molar-refractivity contribution in [1.29, 1.82) is 0 Å². The van der Waals surface area contributed by atoms with Gasteiger partial charge in [-0.1, -0.05) is 24.3 Å². The Kier molecular flexibility index (Phi) is 6.09. The summed E-state index contributed by atoms with van der Waals surface area (Å²) in [4.78, 5) is 34.2. The highest BCUT2D eigenvalue weighted by molar-refractivity contribution is 5.78. The van der Waals surface area contributed by atoms with E-state index in [4.69, 9.17) is 4.74 Å². The summed E-state index contributed by atoms with van der Waals surface area (Å²) >= 11 is 0. The van der Waals surface area contributed by atoms with Crippen molar-refractivity contribution in [2.45, 2.75) is 39.3 Å². The first-order valence-corrected chi connectivity index (χ1v) is 9.38. The minimum atomic E-state index is -0.187. The first kappa shape index (κ1) is 19.6. The number of nitrogens with one attached hydrogen (secondary N) is 1. The minimum Gasteiger partial charge on any atom is -0.497 e. The molecule has 6 heteroatoms. The summed E-state index contributed by atoms with van der Waals surface area (Å²) in [5, 5.41) is 0.548. The lowest BCUT2D eigenvalue weighted by molar-refractivity contribution is -0.133. The quantitative estimate of drug-likeness (QED) is 0.683. The molecule has 1 amide bonds. The van der Waals surface area contributed by atoms with Crippen molar-refractivity contribution in [3.63, 3.8) is 0 Å². The van der Waals surface area contributed by atoms with Crippen LogP contribution in [0.1, 0.15) is 31.7 Å². The lowest BCUT2D eigenvalue weighted by Crippen LogP contribution is -2.37. The van der Waals surface area contributed by atoms with E-state index in [2.05, 4.69) is 9.97 Å². The third kappa shape index (κ3) is 4.57. The number of ether oxygens (including phenoxy) is 1. The van der Waals surface area contributed by atoms with E-state index in [9.17, 15) is 9.59 Å². The maximum atomic E-state index is 12.8. The van der Waals surface area contributed by atoms with Crippen molar-refractivity contribution in [1.82, 2.24) is 14.9 Å². The Hall–Kier alpha value is -3.15. The molecule has 2 aromatic carbocycles. The molecular weight excluding hydrogens is 354 g/mol. The number of fused-ring (bicyclic) bond motifs is 1. The Morgan fingerprint density at radius 3 is 2.71 bits per heavy atom. The number of methoxy groups -OCH3 is 1. The zero-order valence-electron chi connectivity index (χ0n) is 16.4. The number of aromatic nitrogens is 2. The molecule has 3 aromatic rings. The molecule has 0 saturated heterocycles. The second-order valence-corrected chi connectivity index (χ2v) is 7.00. The van der Waals surface area contributed by atoms with E-state index in [-0.39, 0.29) is 24.1 Å². The number of carbonyl (C=O) groups is 1. The van der Waals surface area contributed by atoms with Crippen LogP contribution >= 0.6 is 0 Å². The second-order valence-electron chi connectivity index (χ2n) is 7.00. The molecule has 1 N–H and O–H groups in total. The number of H-pyrrole nitrogens is 1. The van der Waals surface area contributed by atoms with Gasteiger partial charge in [-0.3, -0.25) is 9.59 Å². The normalized spacial score (nSPS) is 11.0. The molecule has 0 saturated carbocycles. The molecule has 6 nitrogen and oxygen atoms in total. The number of amides is 1. The van der Waals surface area contributed by atoms with Gasteiger partial charge < -0.3 is 14.6 Å². The van der Waals surface area contributed by atoms with E-state index in [0.29, 0.717) is 29.6 Å². The molecule has 0 aliphatic carbocycles. The highest BCUT2D eigenvalue weighted by Crippen LogP contribution is 2.16. The molecule has 1 heterocycles. The number of hydrogen-bond acceptors (Lipinski definition) is 4. The Bertz CT molecular complexity index is 1030. The smallest absolute Gasteiger partial charge is 0.258 e. The van der Waals surface area contributed by atoms with Gasteiger partial charge in [-0.2, -0.15) is 0 Å². The van der Waals surface area contributed by atoms with Crippen LogP contribution in [0.5, 0.6) is 5.75 Å². The molecule has 0 atom stereocenters. The van der Waals surface area contributed by atoms with Crippen LogP contribution in [0.3, 0.4) is 0 Å². The summed E-state index contributed by atoms with van der Waals surface area (Å²) < 4.78 is 5.24. The number of aryl methyl sites for hydroxylation is 1. The highest BCUT2D eigenvalue weighted by atomic mass is 16.5. The Balaban J connectivity index is 1.74. The summed E-state index contributed by atoms with van der Waals surface area (Å²) in [5.74, 6) is 1.30. The van der Waals surface area contributed by atoms with Crippen molar-refractivity contribution in [3.05, 3.63) is 70.3 Å². The molecule has 146 valence electrons. The number of carbonyl (C=O) groups excluding carboxylic acids is 1. The van der Waals surface area contributed by atoms with Crippen LogP contribution in [0.4, 0.5) is 0 Å². The van der Waals surface area contributed by atoms with Gasteiger partial charge in [-0.15, -0.1) is 0 Å². The lowest BCUT2D eigenvalue weighted by Gasteiger charge is -2.26. The fraction of sp³-hybridized carbons (Fsp3) is 0.318. The maximum Gasteiger partial charge on any atom is 0.258 e. The van der Waals surface area contributed by atoms with Crippen molar-refractivity contribution in [2.24, 2.45) is 0 Å². The van der Waals surface area contributed by atoms with Crippen LogP contribution in [-0.4, -0.2) is 33.9 Å². The van der Waals surface area contributed by atoms with Gasteiger partial charge in [0.1, 0.15) is 11.6 Å². The average molecular weight is 379 g/mol. The van der Waals surface area contributed by atoms with Gasteiger partial charge in [0.2, 0.25) is 5.91 Å². The molecule has 28 heavy (non-hydrogen) atoms. The highest BCUT2D eigenvalue weighted by Gasteiger charge is 2.19. The molecule has 0 unspecified atom stereocenters. The van der Waals surface area contributed by atoms with E-state index >= 15 is 0 Å². The van der Waals surface area contributed by atoms with Crippen molar-refractivity contribution in [2.75, 3.05) is 7.11 Å². The lowest BCUT2D eigenvalue weighted by atomic mass is 10.1. The maximum absolute atomic E-state index is 12.8. The van der Waals surface area contributed by atoms with E-state index in [1.807, 2.05) is 44.2 Å². The summed E-state index contributed by atoms with van der Waals surface area (Å²) in [6, 6.07) is 14.9. The van der Waals surface area contributed by atoms with Gasteiger partial charge in [0.05, 0.1) is 24.6 Å². The Morgan fingerprint density at radius 1 is 1.18 bits per heavy atom. The second kappa shape index (κ2) is 8.69. The standard InChI is InChI=1S/C22H25N3O3/c1-15(2)25(21(26)12-11-16-7-6-8-17(13-16)28-3)14-20-23-19-10-5-4-9-18(19)22(27)24-20/h4-10,13,15H,11-12,14H2,1-3H3,(H,23,24,27). The fourth-order valence-corrected chi connectivity index (χ4v) is 3.15. The van der Waals surface area contributed by atoms with Crippen LogP contribution in [0.15, 0.2) is 53.3 Å². The number of para-hydroxylation sites is 1. The van der Waals surface area contributed by atoms with Crippen LogP contribution in [0.25, 0.3) is 10.9 Å². The van der Waals surface area contributed by atoms with Gasteiger partial charge in [-0.05, 0) is 50.1 Å². The predicted molar refractivity (Wildman–Crippen MR) is 109 cm³/mol. The SMILES string of the molecule is COc1cccc(CCC(=O)N(Cc2nc3ccccc3c(=O)[nH]2)C(C)C)c1. The zero-order valence-corrected chi connectivity index (χ0v) is 16.4. The molecule has 0 spiro atoms. The van der Waals surface area contributed by atoms with E-state index < -0.39 is 0 Å². The zero-order chi connectivity index (χ0) is 20.1. The molecular formula is C22H25N3O3. The average Bonchev–Trinajstić information content (AvgIpc) is 2.70. The molecule has 0 bridgehead atoms. The topological polar surface area (TPSA) is 75.3 Å². The summed E-state index contributed by atoms with van der Waals surface area (Å²) in [6.45, 7) is 4.19. The van der Waals surface area contributed by atoms with Crippen LogP contribution < -0.4 is 10.3 Å². The van der Waals surface area contributed by atoms with Gasteiger partial charge >= 0.3 is 0 Å². The summed E-state index contributed by atoms with van der Waals surface area (Å²) in [6.07, 6.45) is 1.00. The number of aromatic amines is 1.